The second-order valence-electron chi connectivity index (χ2n) is 6.90. The maximum Gasteiger partial charge on any atom is 0.118 e. The van der Waals surface area contributed by atoms with Crippen LogP contribution in [0.1, 0.15) is 43.7 Å². The van der Waals surface area contributed by atoms with Crippen molar-refractivity contribution in [2.24, 2.45) is 5.73 Å². The zero-order chi connectivity index (χ0) is 18.4. The van der Waals surface area contributed by atoms with Gasteiger partial charge in [0.2, 0.25) is 0 Å². The normalized spacial score (nSPS) is 11.2. The minimum atomic E-state index is 0.752. The van der Waals surface area contributed by atoms with Crippen molar-refractivity contribution in [3.8, 4) is 17.0 Å². The fourth-order valence-corrected chi connectivity index (χ4v) is 3.62. The van der Waals surface area contributed by atoms with Crippen molar-refractivity contribution in [1.82, 2.24) is 4.98 Å². The Hall–Kier alpha value is -2.26. The van der Waals surface area contributed by atoms with Crippen molar-refractivity contribution in [3.63, 3.8) is 0 Å². The van der Waals surface area contributed by atoms with Gasteiger partial charge in [0.15, 0.2) is 0 Å². The number of unbranched alkanes of at least 4 members (excludes halogenated alkanes) is 2. The number of methoxy groups -OCH3 is 1. The molecule has 2 aromatic carbocycles. The Morgan fingerprint density at radius 3 is 2.46 bits per heavy atom. The topological polar surface area (TPSA) is 51.0 Å². The van der Waals surface area contributed by atoms with Gasteiger partial charge in [0.1, 0.15) is 5.75 Å². The average molecular weight is 351 g/mol. The zero-order valence-corrected chi connectivity index (χ0v) is 16.0. The van der Waals surface area contributed by atoms with Crippen molar-refractivity contribution >= 4 is 10.9 Å². The van der Waals surface area contributed by atoms with Gasteiger partial charge in [-0.25, -0.2) is 0 Å². The lowest BCUT2D eigenvalue weighted by atomic mass is 9.98. The number of aromatic nitrogens is 1. The van der Waals surface area contributed by atoms with Gasteiger partial charge in [0.05, 0.1) is 7.11 Å². The predicted molar refractivity (Wildman–Crippen MR) is 111 cm³/mol. The summed E-state index contributed by atoms with van der Waals surface area (Å²) in [5, 5.41) is 1.36. The maximum absolute atomic E-state index is 5.72. The Labute approximate surface area is 156 Å². The molecule has 0 aliphatic heterocycles. The van der Waals surface area contributed by atoms with Gasteiger partial charge >= 0.3 is 0 Å². The number of nitrogens with two attached hydrogens (primary N) is 1. The van der Waals surface area contributed by atoms with Gasteiger partial charge in [-0.1, -0.05) is 31.5 Å². The number of rotatable bonds is 9. The monoisotopic (exact) mass is 350 g/mol. The van der Waals surface area contributed by atoms with E-state index < -0.39 is 0 Å². The molecule has 0 spiro atoms. The minimum Gasteiger partial charge on any atom is -0.497 e. The van der Waals surface area contributed by atoms with Crippen LogP contribution in [-0.2, 0) is 12.8 Å². The molecule has 0 saturated carbocycles. The summed E-state index contributed by atoms with van der Waals surface area (Å²) in [6.07, 6.45) is 6.79. The molecule has 0 aliphatic carbocycles. The zero-order valence-electron chi connectivity index (χ0n) is 16.0. The molecule has 3 N–H and O–H groups in total. The molecule has 0 aliphatic rings. The number of H-pyrrole nitrogens is 1. The predicted octanol–water partition coefficient (Wildman–Crippen LogP) is 5.47. The number of para-hydroxylation sites is 1. The highest BCUT2D eigenvalue weighted by Crippen LogP contribution is 2.34. The highest BCUT2D eigenvalue weighted by Gasteiger charge is 2.15. The molecule has 138 valence electrons. The van der Waals surface area contributed by atoms with E-state index in [0.29, 0.717) is 0 Å². The van der Waals surface area contributed by atoms with Crippen molar-refractivity contribution in [3.05, 3.63) is 53.6 Å². The lowest BCUT2D eigenvalue weighted by Gasteiger charge is -2.06. The first-order valence-corrected chi connectivity index (χ1v) is 9.75. The SMILES string of the molecule is CCCCc1cccc2c(CCCCN)c(-c3ccc(OC)cc3)[nH]c12. The first kappa shape index (κ1) is 18.5. The third-order valence-electron chi connectivity index (χ3n) is 5.09. The molecule has 0 radical (unpaired) electrons. The molecular formula is C23H30N2O. The van der Waals surface area contributed by atoms with Gasteiger partial charge in [0.25, 0.3) is 0 Å². The number of ether oxygens (including phenoxy) is 1. The summed E-state index contributed by atoms with van der Waals surface area (Å²) in [4.78, 5) is 3.75. The first-order chi connectivity index (χ1) is 12.8. The summed E-state index contributed by atoms with van der Waals surface area (Å²) in [7, 11) is 1.70. The van der Waals surface area contributed by atoms with Crippen LogP contribution in [0.5, 0.6) is 5.75 Å². The van der Waals surface area contributed by atoms with Gasteiger partial charge in [-0.05, 0) is 79.6 Å². The summed E-state index contributed by atoms with van der Waals surface area (Å²) in [6.45, 7) is 3.00. The molecule has 1 heterocycles. The summed E-state index contributed by atoms with van der Waals surface area (Å²) < 4.78 is 5.31. The van der Waals surface area contributed by atoms with Crippen LogP contribution in [0.2, 0.25) is 0 Å². The molecule has 0 atom stereocenters. The van der Waals surface area contributed by atoms with Crippen LogP contribution >= 0.6 is 0 Å². The van der Waals surface area contributed by atoms with Gasteiger partial charge in [0, 0.05) is 16.6 Å². The van der Waals surface area contributed by atoms with E-state index >= 15 is 0 Å². The fraction of sp³-hybridized carbons (Fsp3) is 0.391. The Kier molecular flexibility index (Phi) is 6.35. The number of aryl methyl sites for hydroxylation is 2. The van der Waals surface area contributed by atoms with Gasteiger partial charge in [-0.2, -0.15) is 0 Å². The Bertz CT molecular complexity index is 833. The smallest absolute Gasteiger partial charge is 0.118 e. The van der Waals surface area contributed by atoms with Crippen molar-refractivity contribution in [2.45, 2.75) is 45.4 Å². The highest BCUT2D eigenvalue weighted by atomic mass is 16.5. The molecule has 1 aromatic heterocycles. The van der Waals surface area contributed by atoms with Crippen LogP contribution < -0.4 is 10.5 Å². The third kappa shape index (κ3) is 3.94. The molecule has 3 aromatic rings. The van der Waals surface area contributed by atoms with E-state index in [0.717, 1.165) is 38.0 Å². The molecular weight excluding hydrogens is 320 g/mol. The Morgan fingerprint density at radius 2 is 1.77 bits per heavy atom. The van der Waals surface area contributed by atoms with Crippen LogP contribution in [-0.4, -0.2) is 18.6 Å². The average Bonchev–Trinajstić information content (AvgIpc) is 3.06. The first-order valence-electron chi connectivity index (χ1n) is 9.75. The van der Waals surface area contributed by atoms with Gasteiger partial charge in [-0.3, -0.25) is 0 Å². The largest absolute Gasteiger partial charge is 0.497 e. The number of aromatic amines is 1. The molecule has 3 rings (SSSR count). The fourth-order valence-electron chi connectivity index (χ4n) is 3.62. The number of hydrogen-bond donors (Lipinski definition) is 2. The third-order valence-corrected chi connectivity index (χ3v) is 5.09. The molecule has 3 heteroatoms. The molecule has 0 unspecified atom stereocenters. The molecule has 0 saturated heterocycles. The number of nitrogens with one attached hydrogen (secondary N) is 1. The van der Waals surface area contributed by atoms with Crippen LogP contribution in [0, 0.1) is 0 Å². The van der Waals surface area contributed by atoms with E-state index in [2.05, 4.69) is 42.2 Å². The van der Waals surface area contributed by atoms with Crippen molar-refractivity contribution < 1.29 is 4.74 Å². The van der Waals surface area contributed by atoms with E-state index in [1.165, 1.54) is 46.1 Å². The lowest BCUT2D eigenvalue weighted by molar-refractivity contribution is 0.415. The van der Waals surface area contributed by atoms with E-state index in [9.17, 15) is 0 Å². The van der Waals surface area contributed by atoms with Crippen LogP contribution in [0.4, 0.5) is 0 Å². The van der Waals surface area contributed by atoms with E-state index in [4.69, 9.17) is 10.5 Å². The van der Waals surface area contributed by atoms with Crippen LogP contribution in [0.3, 0.4) is 0 Å². The van der Waals surface area contributed by atoms with Crippen LogP contribution in [0.15, 0.2) is 42.5 Å². The Balaban J connectivity index is 2.07. The second-order valence-corrected chi connectivity index (χ2v) is 6.90. The molecule has 0 amide bonds. The maximum atomic E-state index is 5.72. The summed E-state index contributed by atoms with van der Waals surface area (Å²) in [5.74, 6) is 0.887. The Morgan fingerprint density at radius 1 is 0.962 bits per heavy atom. The van der Waals surface area contributed by atoms with E-state index in [-0.39, 0.29) is 0 Å². The van der Waals surface area contributed by atoms with Crippen molar-refractivity contribution in [1.29, 1.82) is 0 Å². The summed E-state index contributed by atoms with van der Waals surface area (Å²) >= 11 is 0. The van der Waals surface area contributed by atoms with Gasteiger partial charge < -0.3 is 15.5 Å². The standard InChI is InChI=1S/C23H30N2O/c1-3-4-8-17-9-7-11-21-20(10-5-6-16-24)23(25-22(17)21)18-12-14-19(26-2)15-13-18/h7,9,11-15,25H,3-6,8,10,16,24H2,1-2H3. The minimum absolute atomic E-state index is 0.752. The number of benzene rings is 2. The molecule has 0 fully saturated rings. The quantitative estimate of drug-likeness (QED) is 0.503. The molecule has 0 bridgehead atoms. The van der Waals surface area contributed by atoms with Crippen molar-refractivity contribution in [2.75, 3.05) is 13.7 Å². The lowest BCUT2D eigenvalue weighted by Crippen LogP contribution is -1.99. The van der Waals surface area contributed by atoms with Crippen LogP contribution in [0.25, 0.3) is 22.2 Å². The number of hydrogen-bond acceptors (Lipinski definition) is 2. The van der Waals surface area contributed by atoms with E-state index in [1.54, 1.807) is 7.11 Å². The highest BCUT2D eigenvalue weighted by molar-refractivity contribution is 5.93. The van der Waals surface area contributed by atoms with Gasteiger partial charge in [-0.15, -0.1) is 0 Å². The summed E-state index contributed by atoms with van der Waals surface area (Å²) in [6, 6.07) is 15.1. The summed E-state index contributed by atoms with van der Waals surface area (Å²) in [5.41, 5.74) is 12.3. The molecule has 26 heavy (non-hydrogen) atoms. The van der Waals surface area contributed by atoms with E-state index in [1.807, 2.05) is 12.1 Å². The second kappa shape index (κ2) is 8.91. The number of fused-ring (bicyclic) bond motifs is 1. The molecule has 3 nitrogen and oxygen atoms in total.